The third kappa shape index (κ3) is 4.83. The van der Waals surface area contributed by atoms with E-state index in [1.807, 2.05) is 24.3 Å². The van der Waals surface area contributed by atoms with Gasteiger partial charge in [0.25, 0.3) is 5.91 Å². The summed E-state index contributed by atoms with van der Waals surface area (Å²) in [7, 11) is 0. The van der Waals surface area contributed by atoms with Crippen molar-refractivity contribution in [3.8, 4) is 0 Å². The Morgan fingerprint density at radius 3 is 2.50 bits per heavy atom. The molecule has 0 spiro atoms. The van der Waals surface area contributed by atoms with Gasteiger partial charge in [-0.1, -0.05) is 32.4 Å². The molecule has 0 aliphatic carbocycles. The van der Waals surface area contributed by atoms with Gasteiger partial charge in [0.15, 0.2) is 11.0 Å². The van der Waals surface area contributed by atoms with E-state index < -0.39 is 11.8 Å². The molecule has 2 aliphatic rings. The van der Waals surface area contributed by atoms with E-state index in [2.05, 4.69) is 29.1 Å². The van der Waals surface area contributed by atoms with E-state index in [-0.39, 0.29) is 11.0 Å². The molecule has 0 radical (unpaired) electrons. The first kappa shape index (κ1) is 20.6. The summed E-state index contributed by atoms with van der Waals surface area (Å²) in [5.41, 5.74) is 1.84. The van der Waals surface area contributed by atoms with Crippen LogP contribution in [0.5, 0.6) is 0 Å². The minimum absolute atomic E-state index is 0.116. The number of thiocarbonyl (C=S) groups is 1. The molecule has 2 fully saturated rings. The number of carbonyl (C=O) groups is 2. The van der Waals surface area contributed by atoms with Crippen LogP contribution in [0.15, 0.2) is 29.3 Å². The quantitative estimate of drug-likeness (QED) is 0.453. The molecule has 0 saturated carbocycles. The highest BCUT2D eigenvalue weighted by Crippen LogP contribution is 2.23. The van der Waals surface area contributed by atoms with Crippen LogP contribution in [0.25, 0.3) is 0 Å². The Kier molecular flexibility index (Phi) is 6.91. The number of hydrogen-bond acceptors (Lipinski definition) is 5. The number of anilines is 1. The van der Waals surface area contributed by atoms with Gasteiger partial charge in [0.2, 0.25) is 5.91 Å². The lowest BCUT2D eigenvalue weighted by Gasteiger charge is -2.31. The van der Waals surface area contributed by atoms with E-state index in [0.29, 0.717) is 18.2 Å². The third-order valence-electron chi connectivity index (χ3n) is 5.27. The van der Waals surface area contributed by atoms with Crippen molar-refractivity contribution in [1.29, 1.82) is 0 Å². The summed E-state index contributed by atoms with van der Waals surface area (Å²) in [6, 6.07) is 7.69. The number of carbonyl (C=O) groups excluding carboxylic acids is 2. The highest BCUT2D eigenvalue weighted by atomic mass is 32.1. The maximum atomic E-state index is 12.9. The average Bonchev–Trinajstić information content (AvgIpc) is 2.68. The molecular weight excluding hydrogens is 372 g/mol. The normalized spacial score (nSPS) is 21.6. The van der Waals surface area contributed by atoms with Crippen molar-refractivity contribution in [3.05, 3.63) is 29.8 Å². The Bertz CT molecular complexity index is 754. The van der Waals surface area contributed by atoms with Crippen molar-refractivity contribution >= 4 is 41.0 Å². The zero-order chi connectivity index (χ0) is 20.1. The number of nitrogens with zero attached hydrogens (tertiary/aromatic N) is 3. The second-order valence-corrected chi connectivity index (χ2v) is 8.04. The molecule has 150 valence electrons. The maximum absolute atomic E-state index is 12.9. The lowest BCUT2D eigenvalue weighted by atomic mass is 10.0. The third-order valence-corrected chi connectivity index (χ3v) is 5.55. The standard InChI is InChI=1S/C21H28N4O2S/c1-15(2)16-6-8-17(9-7-16)25-20(27)18(19(26)23-21(25)28)14-22-10-13-24-11-4-3-5-12-24/h6-9,14-15,18H,3-5,10-13H2,1-2H3,(H,23,26,28)/t18-/m1/s1. The highest BCUT2D eigenvalue weighted by Gasteiger charge is 2.38. The van der Waals surface area contributed by atoms with Gasteiger partial charge in [0, 0.05) is 12.8 Å². The average molecular weight is 401 g/mol. The fourth-order valence-electron chi connectivity index (χ4n) is 3.54. The van der Waals surface area contributed by atoms with Gasteiger partial charge in [0.05, 0.1) is 12.2 Å². The zero-order valence-corrected chi connectivity index (χ0v) is 17.4. The van der Waals surface area contributed by atoms with Gasteiger partial charge in [-0.3, -0.25) is 19.5 Å². The van der Waals surface area contributed by atoms with Gasteiger partial charge in [0.1, 0.15) is 0 Å². The van der Waals surface area contributed by atoms with Crippen LogP contribution in [0, 0.1) is 5.92 Å². The molecule has 0 unspecified atom stereocenters. The lowest BCUT2D eigenvalue weighted by molar-refractivity contribution is -0.130. The van der Waals surface area contributed by atoms with E-state index in [9.17, 15) is 9.59 Å². The number of aliphatic imine (C=N–C) groups is 1. The first-order valence-corrected chi connectivity index (χ1v) is 10.4. The molecule has 3 rings (SSSR count). The number of benzene rings is 1. The van der Waals surface area contributed by atoms with Crippen molar-refractivity contribution in [3.63, 3.8) is 0 Å². The fourth-order valence-corrected chi connectivity index (χ4v) is 3.83. The first-order valence-electron chi connectivity index (χ1n) is 9.98. The van der Waals surface area contributed by atoms with Gasteiger partial charge in [-0.2, -0.15) is 0 Å². The Hall–Kier alpha value is -2.12. The van der Waals surface area contributed by atoms with Crippen LogP contribution in [0.2, 0.25) is 0 Å². The monoisotopic (exact) mass is 400 g/mol. The maximum Gasteiger partial charge on any atom is 0.251 e. The topological polar surface area (TPSA) is 65.0 Å². The molecule has 1 N–H and O–H groups in total. The van der Waals surface area contributed by atoms with Crippen LogP contribution < -0.4 is 10.2 Å². The van der Waals surface area contributed by atoms with Crippen molar-refractivity contribution in [2.75, 3.05) is 31.1 Å². The minimum atomic E-state index is -0.946. The molecule has 1 aromatic carbocycles. The van der Waals surface area contributed by atoms with Crippen LogP contribution in [0.4, 0.5) is 5.69 Å². The summed E-state index contributed by atoms with van der Waals surface area (Å²) >= 11 is 5.24. The summed E-state index contributed by atoms with van der Waals surface area (Å²) in [4.78, 5) is 33.4. The number of amides is 2. The molecule has 2 amide bonds. The van der Waals surface area contributed by atoms with Gasteiger partial charge in [-0.05, 0) is 61.8 Å². The predicted octanol–water partition coefficient (Wildman–Crippen LogP) is 2.73. The van der Waals surface area contributed by atoms with Gasteiger partial charge >= 0.3 is 0 Å². The number of nitrogens with one attached hydrogen (secondary N) is 1. The fraction of sp³-hybridized carbons (Fsp3) is 0.524. The predicted molar refractivity (Wildman–Crippen MR) is 116 cm³/mol. The van der Waals surface area contributed by atoms with E-state index in [0.717, 1.165) is 19.6 Å². The second kappa shape index (κ2) is 9.39. The molecule has 1 atom stereocenters. The van der Waals surface area contributed by atoms with Crippen molar-refractivity contribution < 1.29 is 9.59 Å². The number of rotatable bonds is 6. The Balaban J connectivity index is 1.66. The van der Waals surface area contributed by atoms with Crippen LogP contribution in [-0.4, -0.2) is 54.2 Å². The second-order valence-electron chi connectivity index (χ2n) is 7.65. The zero-order valence-electron chi connectivity index (χ0n) is 16.6. The van der Waals surface area contributed by atoms with Gasteiger partial charge in [-0.15, -0.1) is 0 Å². The lowest BCUT2D eigenvalue weighted by Crippen LogP contribution is -2.58. The van der Waals surface area contributed by atoms with Crippen LogP contribution in [-0.2, 0) is 9.59 Å². The van der Waals surface area contributed by atoms with Crippen molar-refractivity contribution in [2.24, 2.45) is 10.9 Å². The largest absolute Gasteiger partial charge is 0.302 e. The summed E-state index contributed by atoms with van der Waals surface area (Å²) < 4.78 is 0. The molecule has 2 saturated heterocycles. The molecule has 0 bridgehead atoms. The van der Waals surface area contributed by atoms with E-state index in [1.165, 1.54) is 35.9 Å². The number of likely N-dealkylation sites (tertiary alicyclic amines) is 1. The molecule has 0 aromatic heterocycles. The Morgan fingerprint density at radius 1 is 1.18 bits per heavy atom. The van der Waals surface area contributed by atoms with E-state index in [1.54, 1.807) is 0 Å². The van der Waals surface area contributed by atoms with Crippen molar-refractivity contribution in [2.45, 2.75) is 39.0 Å². The first-order chi connectivity index (χ1) is 13.5. The smallest absolute Gasteiger partial charge is 0.251 e. The van der Waals surface area contributed by atoms with Crippen LogP contribution >= 0.6 is 12.2 Å². The molecule has 7 heteroatoms. The summed E-state index contributed by atoms with van der Waals surface area (Å²) in [5.74, 6) is -1.31. The molecule has 2 heterocycles. The molecule has 2 aliphatic heterocycles. The van der Waals surface area contributed by atoms with Gasteiger partial charge in [-0.25, -0.2) is 0 Å². The van der Waals surface area contributed by atoms with E-state index in [4.69, 9.17) is 12.2 Å². The Labute approximate surface area is 172 Å². The highest BCUT2D eigenvalue weighted by molar-refractivity contribution is 7.80. The summed E-state index contributed by atoms with van der Waals surface area (Å²) in [6.45, 7) is 7.88. The molecule has 1 aromatic rings. The molecular formula is C21H28N4O2S. The summed E-state index contributed by atoms with van der Waals surface area (Å²) in [5, 5.41) is 2.75. The SMILES string of the molecule is CC(C)c1ccc(N2C(=O)[C@H](C=NCCN3CCCCC3)C(=O)NC2=S)cc1. The Morgan fingerprint density at radius 2 is 1.86 bits per heavy atom. The van der Waals surface area contributed by atoms with Gasteiger partial charge < -0.3 is 10.2 Å². The van der Waals surface area contributed by atoms with E-state index >= 15 is 0 Å². The van der Waals surface area contributed by atoms with Crippen molar-refractivity contribution in [1.82, 2.24) is 10.2 Å². The van der Waals surface area contributed by atoms with Crippen LogP contribution in [0.3, 0.4) is 0 Å². The summed E-state index contributed by atoms with van der Waals surface area (Å²) in [6.07, 6.45) is 5.23. The number of piperidine rings is 1. The molecule has 28 heavy (non-hydrogen) atoms. The minimum Gasteiger partial charge on any atom is -0.302 e. The van der Waals surface area contributed by atoms with Crippen LogP contribution in [0.1, 0.15) is 44.6 Å². The number of hydrogen-bond donors (Lipinski definition) is 1. The molecule has 6 nitrogen and oxygen atoms in total.